The first-order valence-electron chi connectivity index (χ1n) is 5.37. The molecule has 0 aromatic heterocycles. The number of hydrogen-bond acceptors (Lipinski definition) is 6. The zero-order valence-corrected chi connectivity index (χ0v) is 10.6. The number of benzene rings is 1. The van der Waals surface area contributed by atoms with Crippen molar-refractivity contribution in [3.8, 4) is 5.75 Å². The Hall–Kier alpha value is -2.19. The molecule has 1 amide bonds. The predicted octanol–water partition coefficient (Wildman–Crippen LogP) is 0.516. The highest BCUT2D eigenvalue weighted by molar-refractivity contribution is 5.95. The third kappa shape index (κ3) is 3.90. The van der Waals surface area contributed by atoms with E-state index in [0.717, 1.165) is 0 Å². The van der Waals surface area contributed by atoms with Crippen LogP contribution in [0, 0.1) is 10.1 Å². The highest BCUT2D eigenvalue weighted by Gasteiger charge is 2.18. The van der Waals surface area contributed by atoms with E-state index in [-0.39, 0.29) is 23.7 Å². The summed E-state index contributed by atoms with van der Waals surface area (Å²) in [6.07, 6.45) is 0. The van der Waals surface area contributed by atoms with Crippen LogP contribution in [0.4, 0.5) is 11.4 Å². The smallest absolute Gasteiger partial charge is 0.312 e. The van der Waals surface area contributed by atoms with Crippen LogP contribution in [0.2, 0.25) is 0 Å². The van der Waals surface area contributed by atoms with Crippen molar-refractivity contribution in [2.45, 2.75) is 6.04 Å². The minimum absolute atomic E-state index is 0.0596. The molecular weight excluding hydrogens is 254 g/mol. The number of ether oxygens (including phenoxy) is 2. The van der Waals surface area contributed by atoms with Gasteiger partial charge in [0.1, 0.15) is 6.04 Å². The van der Waals surface area contributed by atoms with Crippen molar-refractivity contribution in [1.29, 1.82) is 0 Å². The van der Waals surface area contributed by atoms with E-state index in [1.807, 2.05) is 0 Å². The lowest BCUT2D eigenvalue weighted by Gasteiger charge is -2.11. The molecule has 0 aliphatic heterocycles. The van der Waals surface area contributed by atoms with Crippen molar-refractivity contribution in [2.75, 3.05) is 26.1 Å². The lowest BCUT2D eigenvalue weighted by molar-refractivity contribution is -0.385. The summed E-state index contributed by atoms with van der Waals surface area (Å²) in [5, 5.41) is 13.3. The Morgan fingerprint density at radius 1 is 1.53 bits per heavy atom. The first-order valence-corrected chi connectivity index (χ1v) is 5.37. The molecular formula is C11H15N3O5. The lowest BCUT2D eigenvalue weighted by Crippen LogP contribution is -2.39. The molecule has 0 bridgehead atoms. The molecule has 1 atom stereocenters. The molecule has 0 saturated heterocycles. The average Bonchev–Trinajstić information content (AvgIpc) is 2.38. The zero-order valence-electron chi connectivity index (χ0n) is 10.6. The van der Waals surface area contributed by atoms with Gasteiger partial charge in [0, 0.05) is 18.9 Å². The number of carbonyl (C=O) groups is 1. The molecule has 104 valence electrons. The molecule has 0 aliphatic carbocycles. The van der Waals surface area contributed by atoms with Gasteiger partial charge in [-0.05, 0) is 12.1 Å². The molecule has 3 N–H and O–H groups in total. The summed E-state index contributed by atoms with van der Waals surface area (Å²) >= 11 is 0. The van der Waals surface area contributed by atoms with E-state index in [4.69, 9.17) is 15.2 Å². The summed E-state index contributed by atoms with van der Waals surface area (Å²) in [7, 11) is 2.75. The summed E-state index contributed by atoms with van der Waals surface area (Å²) in [5.41, 5.74) is 5.57. The molecule has 0 fully saturated rings. The van der Waals surface area contributed by atoms with Gasteiger partial charge < -0.3 is 20.5 Å². The van der Waals surface area contributed by atoms with Crippen molar-refractivity contribution < 1.29 is 19.2 Å². The van der Waals surface area contributed by atoms with E-state index in [9.17, 15) is 14.9 Å². The molecule has 19 heavy (non-hydrogen) atoms. The van der Waals surface area contributed by atoms with E-state index in [2.05, 4.69) is 5.32 Å². The average molecular weight is 269 g/mol. The van der Waals surface area contributed by atoms with Crippen molar-refractivity contribution in [3.63, 3.8) is 0 Å². The van der Waals surface area contributed by atoms with Crippen molar-refractivity contribution >= 4 is 17.3 Å². The van der Waals surface area contributed by atoms with Crippen LogP contribution in [0.15, 0.2) is 18.2 Å². The SMILES string of the molecule is COCC(N)C(=O)Nc1ccc(OC)c([N+](=O)[O-])c1. The van der Waals surface area contributed by atoms with E-state index in [0.29, 0.717) is 0 Å². The van der Waals surface area contributed by atoms with Gasteiger partial charge in [0.15, 0.2) is 5.75 Å². The van der Waals surface area contributed by atoms with E-state index in [1.54, 1.807) is 0 Å². The van der Waals surface area contributed by atoms with Gasteiger partial charge in [-0.3, -0.25) is 14.9 Å². The highest BCUT2D eigenvalue weighted by Crippen LogP contribution is 2.29. The standard InChI is InChI=1S/C11H15N3O5/c1-18-6-8(12)11(15)13-7-3-4-10(19-2)9(5-7)14(16)17/h3-5,8H,6,12H2,1-2H3,(H,13,15). The highest BCUT2D eigenvalue weighted by atomic mass is 16.6. The molecule has 8 nitrogen and oxygen atoms in total. The Morgan fingerprint density at radius 3 is 2.74 bits per heavy atom. The second kappa shape index (κ2) is 6.66. The number of nitro groups is 1. The number of rotatable bonds is 6. The predicted molar refractivity (Wildman–Crippen MR) is 68.1 cm³/mol. The van der Waals surface area contributed by atoms with Gasteiger partial charge in [0.05, 0.1) is 18.6 Å². The number of hydrogen-bond donors (Lipinski definition) is 2. The van der Waals surface area contributed by atoms with Gasteiger partial charge in [0.25, 0.3) is 0 Å². The third-order valence-corrected chi connectivity index (χ3v) is 2.33. The van der Waals surface area contributed by atoms with Crippen molar-refractivity contribution in [2.24, 2.45) is 5.73 Å². The van der Waals surface area contributed by atoms with Gasteiger partial charge in [-0.25, -0.2) is 0 Å². The maximum absolute atomic E-state index is 11.6. The fourth-order valence-corrected chi connectivity index (χ4v) is 1.40. The Balaban J connectivity index is 2.88. The fourth-order valence-electron chi connectivity index (χ4n) is 1.40. The normalized spacial score (nSPS) is 11.7. The number of nitro benzene ring substituents is 1. The first-order chi connectivity index (χ1) is 8.99. The summed E-state index contributed by atoms with van der Waals surface area (Å²) in [6, 6.07) is 3.25. The summed E-state index contributed by atoms with van der Waals surface area (Å²) in [5.74, 6) is -0.370. The largest absolute Gasteiger partial charge is 0.490 e. The molecule has 0 spiro atoms. The summed E-state index contributed by atoms with van der Waals surface area (Å²) in [6.45, 7) is 0.0596. The second-order valence-electron chi connectivity index (χ2n) is 3.69. The monoisotopic (exact) mass is 269 g/mol. The van der Waals surface area contributed by atoms with Gasteiger partial charge in [-0.2, -0.15) is 0 Å². The van der Waals surface area contributed by atoms with Crippen LogP contribution in [0.5, 0.6) is 5.75 Å². The third-order valence-electron chi connectivity index (χ3n) is 2.33. The van der Waals surface area contributed by atoms with Gasteiger partial charge in [-0.15, -0.1) is 0 Å². The Labute approximate surface area is 109 Å². The van der Waals surface area contributed by atoms with Crippen LogP contribution in [0.3, 0.4) is 0 Å². The van der Waals surface area contributed by atoms with Gasteiger partial charge in [0.2, 0.25) is 5.91 Å². The first kappa shape index (κ1) is 14.9. The van der Waals surface area contributed by atoms with Crippen LogP contribution in [0.25, 0.3) is 0 Å². The van der Waals surface area contributed by atoms with E-state index < -0.39 is 16.9 Å². The van der Waals surface area contributed by atoms with Crippen LogP contribution in [-0.2, 0) is 9.53 Å². The molecule has 0 radical (unpaired) electrons. The van der Waals surface area contributed by atoms with Crippen LogP contribution in [-0.4, -0.2) is 37.7 Å². The van der Waals surface area contributed by atoms with Crippen LogP contribution >= 0.6 is 0 Å². The number of anilines is 1. The Bertz CT molecular complexity index is 477. The Kier molecular flexibility index (Phi) is 5.22. The topological polar surface area (TPSA) is 117 Å². The minimum atomic E-state index is -0.842. The Morgan fingerprint density at radius 2 is 2.21 bits per heavy atom. The van der Waals surface area contributed by atoms with Gasteiger partial charge >= 0.3 is 5.69 Å². The number of nitrogens with two attached hydrogens (primary N) is 1. The summed E-state index contributed by atoms with van der Waals surface area (Å²) < 4.78 is 9.60. The maximum Gasteiger partial charge on any atom is 0.312 e. The minimum Gasteiger partial charge on any atom is -0.490 e. The van der Waals surface area contributed by atoms with E-state index in [1.165, 1.54) is 32.4 Å². The fraction of sp³-hybridized carbons (Fsp3) is 0.364. The molecule has 1 unspecified atom stereocenters. The van der Waals surface area contributed by atoms with Crippen molar-refractivity contribution in [1.82, 2.24) is 0 Å². The lowest BCUT2D eigenvalue weighted by atomic mass is 10.2. The van der Waals surface area contributed by atoms with E-state index >= 15 is 0 Å². The summed E-state index contributed by atoms with van der Waals surface area (Å²) in [4.78, 5) is 21.9. The molecule has 1 rings (SSSR count). The number of methoxy groups -OCH3 is 2. The molecule has 1 aromatic carbocycles. The van der Waals surface area contributed by atoms with Gasteiger partial charge in [-0.1, -0.05) is 0 Å². The molecule has 8 heteroatoms. The second-order valence-corrected chi connectivity index (χ2v) is 3.69. The number of nitrogens with one attached hydrogen (secondary N) is 1. The van der Waals surface area contributed by atoms with Crippen LogP contribution < -0.4 is 15.8 Å². The molecule has 0 aliphatic rings. The number of nitrogens with zero attached hydrogens (tertiary/aromatic N) is 1. The molecule has 0 saturated carbocycles. The zero-order chi connectivity index (χ0) is 14.4. The molecule has 0 heterocycles. The number of carbonyl (C=O) groups excluding carboxylic acids is 1. The van der Waals surface area contributed by atoms with Crippen molar-refractivity contribution in [3.05, 3.63) is 28.3 Å². The molecule has 1 aromatic rings. The van der Waals surface area contributed by atoms with Crippen LogP contribution in [0.1, 0.15) is 0 Å². The maximum atomic E-state index is 11.6. The number of amides is 1. The quantitative estimate of drug-likeness (QED) is 0.574.